The summed E-state index contributed by atoms with van der Waals surface area (Å²) in [5, 5.41) is 20.1. The molecular weight excluding hydrogens is 296 g/mol. The fourth-order valence-corrected chi connectivity index (χ4v) is 2.45. The van der Waals surface area contributed by atoms with Gasteiger partial charge in [0.05, 0.1) is 12.0 Å². The minimum atomic E-state index is -0.742. The average molecular weight is 310 g/mol. The second-order valence-electron chi connectivity index (χ2n) is 4.96. The van der Waals surface area contributed by atoms with Crippen LogP contribution in [0.5, 0.6) is 0 Å². The zero-order valence-electron chi connectivity index (χ0n) is 12.6. The summed E-state index contributed by atoms with van der Waals surface area (Å²) >= 11 is 0. The van der Waals surface area contributed by atoms with Crippen LogP contribution >= 0.6 is 0 Å². The van der Waals surface area contributed by atoms with Crippen molar-refractivity contribution in [2.24, 2.45) is 0 Å². The molecule has 0 aliphatic carbocycles. The Balaban J connectivity index is 2.62. The van der Waals surface area contributed by atoms with E-state index in [1.807, 2.05) is 19.1 Å². The highest BCUT2D eigenvalue weighted by Crippen LogP contribution is 2.31. The summed E-state index contributed by atoms with van der Waals surface area (Å²) in [6, 6.07) is 13.2. The maximum atomic E-state index is 12.2. The number of carbonyl (C=O) groups is 1. The number of nitro groups is 1. The number of nitriles is 1. The molecule has 0 heterocycles. The second kappa shape index (κ2) is 6.71. The number of ether oxygens (including phenoxy) is 1. The van der Waals surface area contributed by atoms with Crippen molar-refractivity contribution in [2.75, 3.05) is 7.11 Å². The highest BCUT2D eigenvalue weighted by Gasteiger charge is 2.27. The van der Waals surface area contributed by atoms with E-state index < -0.39 is 16.8 Å². The maximum absolute atomic E-state index is 12.2. The first-order valence-electron chi connectivity index (χ1n) is 6.81. The van der Waals surface area contributed by atoms with Crippen molar-refractivity contribution in [3.8, 4) is 6.07 Å². The van der Waals surface area contributed by atoms with Gasteiger partial charge in [0.1, 0.15) is 17.6 Å². The fraction of sp³-hybridized carbons (Fsp3) is 0.176. The minimum absolute atomic E-state index is 0.0880. The number of hydrogen-bond donors (Lipinski definition) is 0. The van der Waals surface area contributed by atoms with E-state index in [9.17, 15) is 14.9 Å². The fourth-order valence-electron chi connectivity index (χ4n) is 2.45. The van der Waals surface area contributed by atoms with Gasteiger partial charge in [0.15, 0.2) is 0 Å². The van der Waals surface area contributed by atoms with Crippen LogP contribution in [-0.2, 0) is 9.53 Å². The number of methoxy groups -OCH3 is 1. The summed E-state index contributed by atoms with van der Waals surface area (Å²) in [5.74, 6) is -1.23. The average Bonchev–Trinajstić information content (AvgIpc) is 2.56. The monoisotopic (exact) mass is 310 g/mol. The number of aryl methyl sites for hydroxylation is 1. The van der Waals surface area contributed by atoms with Crippen LogP contribution in [0.1, 0.15) is 28.2 Å². The summed E-state index contributed by atoms with van der Waals surface area (Å²) in [6.07, 6.45) is 0. The molecule has 0 saturated heterocycles. The largest absolute Gasteiger partial charge is 0.468 e. The molecule has 2 aromatic rings. The minimum Gasteiger partial charge on any atom is -0.468 e. The van der Waals surface area contributed by atoms with Gasteiger partial charge in [-0.2, -0.15) is 5.26 Å². The van der Waals surface area contributed by atoms with Crippen molar-refractivity contribution < 1.29 is 14.5 Å². The number of nitro benzene ring substituents is 1. The molecule has 0 aliphatic heterocycles. The smallest absolute Gasteiger partial charge is 0.317 e. The van der Waals surface area contributed by atoms with Gasteiger partial charge in [0.2, 0.25) is 0 Å². The third kappa shape index (κ3) is 3.19. The van der Waals surface area contributed by atoms with Crippen LogP contribution in [0.25, 0.3) is 0 Å². The molecule has 0 saturated carbocycles. The standard InChI is InChI=1S/C17H14N2O4/c1-11-5-3-4-6-14(11)16(17(20)23-2)12-7-8-15(19(21)22)13(9-12)10-18/h3-9,16H,1-2H3. The molecule has 2 rings (SSSR count). The first-order chi connectivity index (χ1) is 11.0. The number of nitrogens with zero attached hydrogens (tertiary/aromatic N) is 2. The van der Waals surface area contributed by atoms with Gasteiger partial charge in [-0.05, 0) is 29.7 Å². The van der Waals surface area contributed by atoms with E-state index >= 15 is 0 Å². The third-order valence-corrected chi connectivity index (χ3v) is 3.61. The van der Waals surface area contributed by atoms with Gasteiger partial charge in [0.25, 0.3) is 5.69 Å². The Hall–Kier alpha value is -3.20. The van der Waals surface area contributed by atoms with Crippen molar-refractivity contribution in [2.45, 2.75) is 12.8 Å². The first-order valence-corrected chi connectivity index (χ1v) is 6.81. The van der Waals surface area contributed by atoms with Gasteiger partial charge in [0, 0.05) is 6.07 Å². The molecule has 1 unspecified atom stereocenters. The molecular formula is C17H14N2O4. The molecule has 6 nitrogen and oxygen atoms in total. The van der Waals surface area contributed by atoms with Crippen molar-refractivity contribution >= 4 is 11.7 Å². The Morgan fingerprint density at radius 3 is 2.57 bits per heavy atom. The summed E-state index contributed by atoms with van der Waals surface area (Å²) in [7, 11) is 1.28. The van der Waals surface area contributed by atoms with Crippen LogP contribution < -0.4 is 0 Å². The van der Waals surface area contributed by atoms with E-state index in [2.05, 4.69) is 0 Å². The van der Waals surface area contributed by atoms with Crippen LogP contribution in [0.3, 0.4) is 0 Å². The lowest BCUT2D eigenvalue weighted by atomic mass is 9.87. The predicted molar refractivity (Wildman–Crippen MR) is 82.8 cm³/mol. The van der Waals surface area contributed by atoms with Crippen LogP contribution in [-0.4, -0.2) is 18.0 Å². The molecule has 0 amide bonds. The van der Waals surface area contributed by atoms with Crippen LogP contribution in [0.4, 0.5) is 5.69 Å². The molecule has 0 aromatic heterocycles. The summed E-state index contributed by atoms with van der Waals surface area (Å²) in [6.45, 7) is 1.86. The summed E-state index contributed by atoms with van der Waals surface area (Å²) < 4.78 is 4.87. The number of hydrogen-bond acceptors (Lipinski definition) is 5. The summed E-state index contributed by atoms with van der Waals surface area (Å²) in [5.41, 5.74) is 1.73. The van der Waals surface area contributed by atoms with Crippen LogP contribution in [0, 0.1) is 28.4 Å². The zero-order valence-corrected chi connectivity index (χ0v) is 12.6. The summed E-state index contributed by atoms with van der Waals surface area (Å²) in [4.78, 5) is 22.6. The van der Waals surface area contributed by atoms with E-state index in [0.29, 0.717) is 5.56 Å². The molecule has 0 bridgehead atoms. The van der Waals surface area contributed by atoms with Gasteiger partial charge in [-0.25, -0.2) is 0 Å². The molecule has 0 radical (unpaired) electrons. The lowest BCUT2D eigenvalue weighted by Crippen LogP contribution is -2.17. The van der Waals surface area contributed by atoms with E-state index in [1.54, 1.807) is 18.2 Å². The number of carbonyl (C=O) groups excluding carboxylic acids is 1. The number of rotatable bonds is 4. The SMILES string of the molecule is COC(=O)C(c1ccc([N+](=O)[O-])c(C#N)c1)c1ccccc1C. The van der Waals surface area contributed by atoms with E-state index in [0.717, 1.165) is 11.1 Å². The van der Waals surface area contributed by atoms with Gasteiger partial charge in [-0.1, -0.05) is 30.3 Å². The molecule has 1 atom stereocenters. The van der Waals surface area contributed by atoms with E-state index in [-0.39, 0.29) is 11.3 Å². The number of esters is 1. The van der Waals surface area contributed by atoms with Gasteiger partial charge < -0.3 is 4.74 Å². The van der Waals surface area contributed by atoms with E-state index in [4.69, 9.17) is 10.00 Å². The molecule has 0 spiro atoms. The molecule has 0 N–H and O–H groups in total. The van der Waals surface area contributed by atoms with Crippen molar-refractivity contribution in [1.82, 2.24) is 0 Å². The van der Waals surface area contributed by atoms with Gasteiger partial charge >= 0.3 is 5.97 Å². The molecule has 0 aliphatic rings. The van der Waals surface area contributed by atoms with Crippen LogP contribution in [0.2, 0.25) is 0 Å². The third-order valence-electron chi connectivity index (χ3n) is 3.61. The van der Waals surface area contributed by atoms with Gasteiger partial charge in [-0.15, -0.1) is 0 Å². The number of benzene rings is 2. The molecule has 6 heteroatoms. The molecule has 2 aromatic carbocycles. The predicted octanol–water partition coefficient (Wildman–Crippen LogP) is 3.08. The normalized spacial score (nSPS) is 11.3. The molecule has 116 valence electrons. The van der Waals surface area contributed by atoms with Gasteiger partial charge in [-0.3, -0.25) is 14.9 Å². The quantitative estimate of drug-likeness (QED) is 0.491. The lowest BCUT2D eigenvalue weighted by molar-refractivity contribution is -0.385. The van der Waals surface area contributed by atoms with Crippen molar-refractivity contribution in [3.63, 3.8) is 0 Å². The van der Waals surface area contributed by atoms with Crippen LogP contribution in [0.15, 0.2) is 42.5 Å². The lowest BCUT2D eigenvalue weighted by Gasteiger charge is -2.18. The Morgan fingerprint density at radius 2 is 2.00 bits per heavy atom. The Bertz CT molecular complexity index is 808. The Morgan fingerprint density at radius 1 is 1.30 bits per heavy atom. The van der Waals surface area contributed by atoms with Crippen molar-refractivity contribution in [3.05, 3.63) is 74.8 Å². The zero-order chi connectivity index (χ0) is 17.0. The Kier molecular flexibility index (Phi) is 4.72. The first kappa shape index (κ1) is 16.2. The highest BCUT2D eigenvalue weighted by molar-refractivity contribution is 5.83. The van der Waals surface area contributed by atoms with Crippen molar-refractivity contribution in [1.29, 1.82) is 5.26 Å². The Labute approximate surface area is 133 Å². The molecule has 23 heavy (non-hydrogen) atoms. The highest BCUT2D eigenvalue weighted by atomic mass is 16.6. The van der Waals surface area contributed by atoms with E-state index in [1.165, 1.54) is 25.3 Å². The molecule has 0 fully saturated rings. The topological polar surface area (TPSA) is 93.2 Å². The second-order valence-corrected chi connectivity index (χ2v) is 4.96. The maximum Gasteiger partial charge on any atom is 0.317 e.